The molecule has 0 unspecified atom stereocenters. The van der Waals surface area contributed by atoms with Gasteiger partial charge in [-0.15, -0.1) is 0 Å². The topological polar surface area (TPSA) is 9.72 Å². The number of nitrogens with zero attached hydrogens (tertiary/aromatic N) is 3. The molecule has 1 atom stereocenters. The first-order valence-electron chi connectivity index (χ1n) is 9.99. The zero-order chi connectivity index (χ0) is 19.5. The summed E-state index contributed by atoms with van der Waals surface area (Å²) in [6, 6.07) is 11.0. The number of anilines is 1. The molecule has 150 valence electrons. The third-order valence-corrected chi connectivity index (χ3v) is 5.91. The molecule has 2 aromatic rings. The van der Waals surface area contributed by atoms with E-state index in [0.29, 0.717) is 18.2 Å². The van der Waals surface area contributed by atoms with Crippen LogP contribution in [0.25, 0.3) is 0 Å². The van der Waals surface area contributed by atoms with Gasteiger partial charge in [-0.05, 0) is 49.7 Å². The molecule has 0 amide bonds. The predicted molar refractivity (Wildman–Crippen MR) is 105 cm³/mol. The second-order valence-electron chi connectivity index (χ2n) is 7.77. The summed E-state index contributed by atoms with van der Waals surface area (Å²) in [7, 11) is 0. The number of likely N-dealkylation sites (tertiary alicyclic amines) is 1. The van der Waals surface area contributed by atoms with Crippen molar-refractivity contribution in [2.75, 3.05) is 44.2 Å². The van der Waals surface area contributed by atoms with Gasteiger partial charge in [0.2, 0.25) is 0 Å². The van der Waals surface area contributed by atoms with Crippen molar-refractivity contribution in [3.05, 3.63) is 65.5 Å². The Morgan fingerprint density at radius 1 is 0.821 bits per heavy atom. The zero-order valence-electron chi connectivity index (χ0n) is 16.0. The largest absolute Gasteiger partial charge is 0.369 e. The van der Waals surface area contributed by atoms with Crippen molar-refractivity contribution in [2.45, 2.75) is 25.4 Å². The standard InChI is InChI=1S/C22H26F3N3/c23-18-5-7-20(8-6-18)27-10-12-28(13-11-27)21-2-1-9-26(16-21)15-17-3-4-19(24)14-22(17)25/h3-8,14,21H,1-2,9-13,15-16H2/t21-/m0/s1. The molecule has 0 bridgehead atoms. The third-order valence-electron chi connectivity index (χ3n) is 5.91. The van der Waals surface area contributed by atoms with Gasteiger partial charge >= 0.3 is 0 Å². The number of benzene rings is 2. The molecule has 0 spiro atoms. The van der Waals surface area contributed by atoms with E-state index >= 15 is 0 Å². The van der Waals surface area contributed by atoms with Crippen LogP contribution in [0.5, 0.6) is 0 Å². The van der Waals surface area contributed by atoms with E-state index in [1.807, 2.05) is 12.1 Å². The van der Waals surface area contributed by atoms with Crippen LogP contribution >= 0.6 is 0 Å². The fourth-order valence-electron chi connectivity index (χ4n) is 4.36. The predicted octanol–water partition coefficient (Wildman–Crippen LogP) is 3.89. The van der Waals surface area contributed by atoms with Crippen molar-refractivity contribution in [3.8, 4) is 0 Å². The summed E-state index contributed by atoms with van der Waals surface area (Å²) in [5.74, 6) is -1.20. The van der Waals surface area contributed by atoms with Gasteiger partial charge in [0.05, 0.1) is 0 Å². The van der Waals surface area contributed by atoms with Crippen LogP contribution in [-0.2, 0) is 6.54 Å². The molecule has 2 saturated heterocycles. The summed E-state index contributed by atoms with van der Waals surface area (Å²) in [6.45, 7) is 6.18. The molecule has 28 heavy (non-hydrogen) atoms. The van der Waals surface area contributed by atoms with E-state index in [1.165, 1.54) is 18.2 Å². The first kappa shape index (κ1) is 19.3. The minimum absolute atomic E-state index is 0.206. The Bertz CT molecular complexity index is 788. The van der Waals surface area contributed by atoms with Crippen molar-refractivity contribution in [2.24, 2.45) is 0 Å². The molecule has 0 aromatic heterocycles. The van der Waals surface area contributed by atoms with Crippen LogP contribution in [0.15, 0.2) is 42.5 Å². The lowest BCUT2D eigenvalue weighted by Gasteiger charge is -2.44. The number of piperidine rings is 1. The Hall–Kier alpha value is -2.05. The lowest BCUT2D eigenvalue weighted by molar-refractivity contribution is 0.0881. The van der Waals surface area contributed by atoms with Crippen LogP contribution < -0.4 is 4.90 Å². The summed E-state index contributed by atoms with van der Waals surface area (Å²) < 4.78 is 40.2. The van der Waals surface area contributed by atoms with Crippen molar-refractivity contribution >= 4 is 5.69 Å². The molecular weight excluding hydrogens is 363 g/mol. The molecule has 2 aliphatic heterocycles. The molecule has 0 radical (unpaired) electrons. The highest BCUT2D eigenvalue weighted by Crippen LogP contribution is 2.23. The molecule has 6 heteroatoms. The van der Waals surface area contributed by atoms with E-state index in [2.05, 4.69) is 14.7 Å². The quantitative estimate of drug-likeness (QED) is 0.786. The van der Waals surface area contributed by atoms with E-state index in [1.54, 1.807) is 6.07 Å². The maximum Gasteiger partial charge on any atom is 0.130 e. The van der Waals surface area contributed by atoms with Gasteiger partial charge in [0, 0.05) is 62.6 Å². The Balaban J connectivity index is 1.32. The second kappa shape index (κ2) is 8.53. The number of hydrogen-bond acceptors (Lipinski definition) is 3. The van der Waals surface area contributed by atoms with E-state index in [0.717, 1.165) is 63.9 Å². The van der Waals surface area contributed by atoms with Crippen molar-refractivity contribution in [1.82, 2.24) is 9.80 Å². The minimum atomic E-state index is -0.531. The van der Waals surface area contributed by atoms with Gasteiger partial charge in [-0.25, -0.2) is 13.2 Å². The molecular formula is C22H26F3N3. The summed E-state index contributed by atoms with van der Waals surface area (Å²) in [4.78, 5) is 7.09. The van der Waals surface area contributed by atoms with Crippen molar-refractivity contribution in [3.63, 3.8) is 0 Å². The maximum absolute atomic E-state index is 14.0. The Morgan fingerprint density at radius 2 is 1.54 bits per heavy atom. The number of halogens is 3. The normalized spacial score (nSPS) is 21.8. The lowest BCUT2D eigenvalue weighted by atomic mass is 10.0. The van der Waals surface area contributed by atoms with Crippen molar-refractivity contribution in [1.29, 1.82) is 0 Å². The van der Waals surface area contributed by atoms with Crippen LogP contribution in [0, 0.1) is 17.5 Å². The Kier molecular flexibility index (Phi) is 5.87. The Labute approximate surface area is 164 Å². The summed E-state index contributed by atoms with van der Waals surface area (Å²) in [6.07, 6.45) is 2.24. The highest BCUT2D eigenvalue weighted by Gasteiger charge is 2.28. The number of rotatable bonds is 4. The molecule has 2 fully saturated rings. The zero-order valence-corrected chi connectivity index (χ0v) is 16.0. The first-order valence-corrected chi connectivity index (χ1v) is 9.99. The average Bonchev–Trinajstić information content (AvgIpc) is 2.71. The molecule has 0 saturated carbocycles. The van der Waals surface area contributed by atoms with Crippen LogP contribution in [0.4, 0.5) is 18.9 Å². The van der Waals surface area contributed by atoms with Gasteiger partial charge < -0.3 is 4.90 Å². The first-order chi connectivity index (χ1) is 13.6. The highest BCUT2D eigenvalue weighted by atomic mass is 19.1. The van der Waals surface area contributed by atoms with Crippen LogP contribution in [-0.4, -0.2) is 55.1 Å². The number of piperazine rings is 1. The summed E-state index contributed by atoms with van der Waals surface area (Å²) in [5, 5.41) is 0. The van der Waals surface area contributed by atoms with E-state index in [-0.39, 0.29) is 5.82 Å². The van der Waals surface area contributed by atoms with Crippen LogP contribution in [0.2, 0.25) is 0 Å². The highest BCUT2D eigenvalue weighted by molar-refractivity contribution is 5.46. The monoisotopic (exact) mass is 389 g/mol. The molecule has 2 aromatic carbocycles. The van der Waals surface area contributed by atoms with Gasteiger partial charge in [-0.1, -0.05) is 6.07 Å². The molecule has 2 aliphatic rings. The van der Waals surface area contributed by atoms with Gasteiger partial charge in [-0.2, -0.15) is 0 Å². The minimum Gasteiger partial charge on any atom is -0.369 e. The second-order valence-corrected chi connectivity index (χ2v) is 7.77. The molecule has 0 aliphatic carbocycles. The van der Waals surface area contributed by atoms with Gasteiger partial charge in [0.25, 0.3) is 0 Å². The lowest BCUT2D eigenvalue weighted by Crippen LogP contribution is -2.55. The summed E-state index contributed by atoms with van der Waals surface area (Å²) in [5.41, 5.74) is 1.63. The third kappa shape index (κ3) is 4.50. The maximum atomic E-state index is 14.0. The van der Waals surface area contributed by atoms with E-state index in [9.17, 15) is 13.2 Å². The summed E-state index contributed by atoms with van der Waals surface area (Å²) >= 11 is 0. The molecule has 2 heterocycles. The Morgan fingerprint density at radius 3 is 2.25 bits per heavy atom. The average molecular weight is 389 g/mol. The van der Waals surface area contributed by atoms with Crippen LogP contribution in [0.1, 0.15) is 18.4 Å². The van der Waals surface area contributed by atoms with E-state index < -0.39 is 11.6 Å². The van der Waals surface area contributed by atoms with E-state index in [4.69, 9.17) is 0 Å². The SMILES string of the molecule is Fc1ccc(N2CCN([C@H]3CCCN(Cc4ccc(F)cc4F)C3)CC2)cc1. The number of hydrogen-bond donors (Lipinski definition) is 0. The van der Waals surface area contributed by atoms with Gasteiger partial charge in [0.15, 0.2) is 0 Å². The van der Waals surface area contributed by atoms with Gasteiger partial charge in [-0.3, -0.25) is 9.80 Å². The smallest absolute Gasteiger partial charge is 0.130 e. The van der Waals surface area contributed by atoms with Crippen LogP contribution in [0.3, 0.4) is 0 Å². The fourth-order valence-corrected chi connectivity index (χ4v) is 4.36. The fraction of sp³-hybridized carbons (Fsp3) is 0.455. The molecule has 0 N–H and O–H groups in total. The molecule has 3 nitrogen and oxygen atoms in total. The molecule has 4 rings (SSSR count). The van der Waals surface area contributed by atoms with Crippen molar-refractivity contribution < 1.29 is 13.2 Å². The van der Waals surface area contributed by atoms with Gasteiger partial charge in [0.1, 0.15) is 17.5 Å².